The van der Waals surface area contributed by atoms with Gasteiger partial charge in [0.1, 0.15) is 5.75 Å². The third-order valence-electron chi connectivity index (χ3n) is 7.01. The van der Waals surface area contributed by atoms with Crippen LogP contribution in [0.2, 0.25) is 0 Å². The predicted octanol–water partition coefficient (Wildman–Crippen LogP) is 4.89. The minimum atomic E-state index is -0.530. The molecule has 2 N–H and O–H groups in total. The van der Waals surface area contributed by atoms with E-state index in [9.17, 15) is 14.4 Å². The maximum Gasteiger partial charge on any atom is 0.411 e. The van der Waals surface area contributed by atoms with Crippen molar-refractivity contribution in [2.45, 2.75) is 70.8 Å². The van der Waals surface area contributed by atoms with Crippen LogP contribution in [0.3, 0.4) is 0 Å². The molecular formula is C30H41N3O5. The number of amides is 3. The number of ether oxygens (including phenoxy) is 2. The van der Waals surface area contributed by atoms with Gasteiger partial charge in [-0.1, -0.05) is 49.7 Å². The molecule has 1 aliphatic rings. The first-order valence-corrected chi connectivity index (χ1v) is 13.6. The maximum atomic E-state index is 13.2. The number of hydrogen-bond donors (Lipinski definition) is 2. The third-order valence-corrected chi connectivity index (χ3v) is 7.01. The van der Waals surface area contributed by atoms with Crippen LogP contribution in [0.15, 0.2) is 42.5 Å². The van der Waals surface area contributed by atoms with E-state index in [1.165, 1.54) is 7.11 Å². The Morgan fingerprint density at radius 1 is 1.03 bits per heavy atom. The number of rotatable bonds is 13. The Kier molecular flexibility index (Phi) is 11.5. The smallest absolute Gasteiger partial charge is 0.411 e. The molecule has 3 rings (SSSR count). The average molecular weight is 524 g/mol. The quantitative estimate of drug-likeness (QED) is 0.365. The molecule has 1 atom stereocenters. The van der Waals surface area contributed by atoms with Crippen LogP contribution in [0.25, 0.3) is 0 Å². The fraction of sp³-hybridized carbons (Fsp3) is 0.500. The second-order valence-corrected chi connectivity index (χ2v) is 9.70. The fourth-order valence-corrected chi connectivity index (χ4v) is 5.08. The molecule has 0 heterocycles. The molecule has 0 saturated carbocycles. The van der Waals surface area contributed by atoms with Crippen molar-refractivity contribution in [3.63, 3.8) is 0 Å². The monoisotopic (exact) mass is 523 g/mol. The summed E-state index contributed by atoms with van der Waals surface area (Å²) < 4.78 is 10.2. The lowest BCUT2D eigenvalue weighted by molar-refractivity contribution is -0.134. The topological polar surface area (TPSA) is 97.0 Å². The van der Waals surface area contributed by atoms with Gasteiger partial charge in [-0.05, 0) is 61.3 Å². The molecule has 0 saturated heterocycles. The van der Waals surface area contributed by atoms with Gasteiger partial charge < -0.3 is 19.7 Å². The van der Waals surface area contributed by atoms with Gasteiger partial charge in [0.15, 0.2) is 0 Å². The van der Waals surface area contributed by atoms with E-state index in [0.29, 0.717) is 30.8 Å². The summed E-state index contributed by atoms with van der Waals surface area (Å²) in [7, 11) is 2.92. The SMILES string of the molecule is CCCN(C(=O)CCCCCNC(=O)Cc1ccccc1)[C@H]1CCc2c(ccc(OC)c2NC(=O)OC)C1. The second-order valence-electron chi connectivity index (χ2n) is 9.70. The zero-order valence-corrected chi connectivity index (χ0v) is 22.9. The van der Waals surface area contributed by atoms with Crippen LogP contribution < -0.4 is 15.4 Å². The molecule has 0 bridgehead atoms. The van der Waals surface area contributed by atoms with Gasteiger partial charge in [0.05, 0.1) is 26.3 Å². The van der Waals surface area contributed by atoms with Crippen LogP contribution in [0, 0.1) is 0 Å². The minimum Gasteiger partial charge on any atom is -0.495 e. The standard InChI is InChI=1S/C30H41N3O5/c1-4-19-33(28(35)13-9-6-10-18-31-27(34)20-22-11-7-5-8-12-22)24-15-16-25-23(21-24)14-17-26(37-2)29(25)32-30(36)38-3/h5,7-8,11-12,14,17,24H,4,6,9-10,13,15-16,18-21H2,1-3H3,(H,31,34)(H,32,36)/t24-/m0/s1. The summed E-state index contributed by atoms with van der Waals surface area (Å²) in [5, 5.41) is 5.78. The van der Waals surface area contributed by atoms with E-state index < -0.39 is 6.09 Å². The highest BCUT2D eigenvalue weighted by atomic mass is 16.5. The Balaban J connectivity index is 1.48. The summed E-state index contributed by atoms with van der Waals surface area (Å²) >= 11 is 0. The van der Waals surface area contributed by atoms with Crippen LogP contribution in [-0.4, -0.2) is 56.2 Å². The molecule has 1 aliphatic carbocycles. The van der Waals surface area contributed by atoms with Crippen LogP contribution >= 0.6 is 0 Å². The van der Waals surface area contributed by atoms with Gasteiger partial charge in [-0.2, -0.15) is 0 Å². The Hall–Kier alpha value is -3.55. The number of unbranched alkanes of at least 4 members (excludes halogenated alkanes) is 2. The minimum absolute atomic E-state index is 0.0292. The Labute approximate surface area is 226 Å². The number of nitrogens with zero attached hydrogens (tertiary/aromatic N) is 1. The van der Waals surface area contributed by atoms with Crippen molar-refractivity contribution in [1.29, 1.82) is 0 Å². The van der Waals surface area contributed by atoms with E-state index in [-0.39, 0.29) is 17.9 Å². The molecule has 3 amide bonds. The zero-order valence-electron chi connectivity index (χ0n) is 22.9. The number of fused-ring (bicyclic) bond motifs is 1. The summed E-state index contributed by atoms with van der Waals surface area (Å²) in [6, 6.07) is 13.7. The summed E-state index contributed by atoms with van der Waals surface area (Å²) in [5.41, 5.74) is 3.82. The number of benzene rings is 2. The van der Waals surface area contributed by atoms with Gasteiger partial charge in [0.25, 0.3) is 0 Å². The van der Waals surface area contributed by atoms with Crippen molar-refractivity contribution in [2.75, 3.05) is 32.6 Å². The number of nitrogens with one attached hydrogen (secondary N) is 2. The van der Waals surface area contributed by atoms with Crippen LogP contribution in [0.5, 0.6) is 5.75 Å². The summed E-state index contributed by atoms with van der Waals surface area (Å²) in [6.07, 6.45) is 6.15. The van der Waals surface area contributed by atoms with Crippen molar-refractivity contribution in [1.82, 2.24) is 10.2 Å². The highest BCUT2D eigenvalue weighted by molar-refractivity contribution is 5.88. The summed E-state index contributed by atoms with van der Waals surface area (Å²) in [5.74, 6) is 0.821. The molecule has 2 aromatic rings. The van der Waals surface area contributed by atoms with Crippen molar-refractivity contribution >= 4 is 23.6 Å². The number of methoxy groups -OCH3 is 2. The molecule has 0 unspecified atom stereocenters. The summed E-state index contributed by atoms with van der Waals surface area (Å²) in [4.78, 5) is 39.2. The van der Waals surface area contributed by atoms with E-state index in [1.807, 2.05) is 47.4 Å². The Morgan fingerprint density at radius 2 is 1.82 bits per heavy atom. The molecule has 0 aromatic heterocycles. The second kappa shape index (κ2) is 15.0. The highest BCUT2D eigenvalue weighted by Crippen LogP contribution is 2.37. The van der Waals surface area contributed by atoms with Crippen molar-refractivity contribution in [3.05, 3.63) is 59.2 Å². The Bertz CT molecular complexity index is 1070. The first-order valence-electron chi connectivity index (χ1n) is 13.6. The third kappa shape index (κ3) is 8.23. The fourth-order valence-electron chi connectivity index (χ4n) is 5.08. The molecule has 0 spiro atoms. The predicted molar refractivity (Wildman–Crippen MR) is 148 cm³/mol. The molecule has 8 nitrogen and oxygen atoms in total. The number of anilines is 1. The lowest BCUT2D eigenvalue weighted by Crippen LogP contribution is -2.44. The average Bonchev–Trinajstić information content (AvgIpc) is 2.93. The Morgan fingerprint density at radius 3 is 2.53 bits per heavy atom. The van der Waals surface area contributed by atoms with E-state index in [0.717, 1.165) is 68.2 Å². The van der Waals surface area contributed by atoms with Gasteiger partial charge in [-0.25, -0.2) is 4.79 Å². The maximum absolute atomic E-state index is 13.2. The van der Waals surface area contributed by atoms with Crippen molar-refractivity contribution in [2.24, 2.45) is 0 Å². The molecule has 2 aromatic carbocycles. The molecule has 206 valence electrons. The van der Waals surface area contributed by atoms with Crippen LogP contribution in [-0.2, 0) is 33.6 Å². The number of carbonyl (C=O) groups is 3. The molecule has 0 fully saturated rings. The largest absolute Gasteiger partial charge is 0.495 e. The van der Waals surface area contributed by atoms with E-state index in [2.05, 4.69) is 17.6 Å². The molecule has 0 aliphatic heterocycles. The molecule has 38 heavy (non-hydrogen) atoms. The van der Waals surface area contributed by atoms with Gasteiger partial charge in [-0.3, -0.25) is 14.9 Å². The van der Waals surface area contributed by atoms with Crippen LogP contribution in [0.1, 0.15) is 62.1 Å². The zero-order chi connectivity index (χ0) is 27.3. The summed E-state index contributed by atoms with van der Waals surface area (Å²) in [6.45, 7) is 3.46. The van der Waals surface area contributed by atoms with Crippen molar-refractivity contribution < 1.29 is 23.9 Å². The lowest BCUT2D eigenvalue weighted by atomic mass is 9.85. The number of hydrogen-bond acceptors (Lipinski definition) is 5. The highest BCUT2D eigenvalue weighted by Gasteiger charge is 2.29. The van der Waals surface area contributed by atoms with Gasteiger partial charge in [0.2, 0.25) is 11.8 Å². The number of carbonyl (C=O) groups excluding carboxylic acids is 3. The van der Waals surface area contributed by atoms with E-state index in [4.69, 9.17) is 9.47 Å². The van der Waals surface area contributed by atoms with Gasteiger partial charge in [-0.15, -0.1) is 0 Å². The van der Waals surface area contributed by atoms with E-state index in [1.54, 1.807) is 7.11 Å². The first-order chi connectivity index (χ1) is 18.5. The van der Waals surface area contributed by atoms with Crippen molar-refractivity contribution in [3.8, 4) is 5.75 Å². The van der Waals surface area contributed by atoms with Gasteiger partial charge in [0, 0.05) is 25.6 Å². The first kappa shape index (κ1) is 29.0. The lowest BCUT2D eigenvalue weighted by Gasteiger charge is -2.36. The normalized spacial score (nSPS) is 14.2. The molecule has 0 radical (unpaired) electrons. The van der Waals surface area contributed by atoms with E-state index >= 15 is 0 Å². The van der Waals surface area contributed by atoms with Crippen LogP contribution in [0.4, 0.5) is 10.5 Å². The molecular weight excluding hydrogens is 482 g/mol. The van der Waals surface area contributed by atoms with Gasteiger partial charge >= 0.3 is 6.09 Å². The molecule has 8 heteroatoms.